The molecule has 0 radical (unpaired) electrons. The van der Waals surface area contributed by atoms with Crippen molar-refractivity contribution in [2.24, 2.45) is 0 Å². The molecule has 2 heterocycles. The summed E-state index contributed by atoms with van der Waals surface area (Å²) in [4.78, 5) is 7.95. The van der Waals surface area contributed by atoms with E-state index in [1.807, 2.05) is 36.5 Å². The van der Waals surface area contributed by atoms with E-state index < -0.39 is 0 Å². The van der Waals surface area contributed by atoms with Crippen LogP contribution in [-0.2, 0) is 0 Å². The Balaban J connectivity index is 1.55. The van der Waals surface area contributed by atoms with Gasteiger partial charge in [0.25, 0.3) is 0 Å². The van der Waals surface area contributed by atoms with Gasteiger partial charge < -0.3 is 9.72 Å². The van der Waals surface area contributed by atoms with Crippen molar-refractivity contribution in [2.75, 3.05) is 7.11 Å². The van der Waals surface area contributed by atoms with E-state index in [0.29, 0.717) is 0 Å². The van der Waals surface area contributed by atoms with Gasteiger partial charge in [-0.25, -0.2) is 9.37 Å². The minimum atomic E-state index is -0.242. The number of rotatable bonds is 4. The van der Waals surface area contributed by atoms with Crippen LogP contribution in [0.25, 0.3) is 45.2 Å². The first kappa shape index (κ1) is 18.1. The summed E-state index contributed by atoms with van der Waals surface area (Å²) in [5.74, 6) is 0.597. The SMILES string of the molecule is COc1ccc(-c2ccc3[nH]c4ncc(C=Cc5cccc(F)c5)cc4c3c2)cc1. The number of fused-ring (bicyclic) bond motifs is 3. The largest absolute Gasteiger partial charge is 0.497 e. The number of halogens is 1. The second-order valence-corrected chi connectivity index (χ2v) is 7.17. The molecule has 0 fully saturated rings. The predicted octanol–water partition coefficient (Wildman–Crippen LogP) is 6.70. The van der Waals surface area contributed by atoms with Crippen LogP contribution < -0.4 is 4.74 Å². The van der Waals surface area contributed by atoms with Crippen LogP contribution in [0.2, 0.25) is 0 Å². The molecule has 30 heavy (non-hydrogen) atoms. The van der Waals surface area contributed by atoms with E-state index in [0.717, 1.165) is 49.9 Å². The zero-order chi connectivity index (χ0) is 20.5. The van der Waals surface area contributed by atoms with E-state index in [4.69, 9.17) is 4.74 Å². The summed E-state index contributed by atoms with van der Waals surface area (Å²) in [7, 11) is 1.67. The van der Waals surface area contributed by atoms with Gasteiger partial charge >= 0.3 is 0 Å². The molecule has 0 amide bonds. The smallest absolute Gasteiger partial charge is 0.138 e. The zero-order valence-electron chi connectivity index (χ0n) is 16.4. The maximum absolute atomic E-state index is 13.4. The van der Waals surface area contributed by atoms with Gasteiger partial charge in [0.2, 0.25) is 0 Å². The Morgan fingerprint density at radius 2 is 1.63 bits per heavy atom. The molecule has 146 valence electrons. The van der Waals surface area contributed by atoms with Crippen LogP contribution in [0.15, 0.2) is 79.0 Å². The van der Waals surface area contributed by atoms with Gasteiger partial charge in [-0.05, 0) is 64.7 Å². The fourth-order valence-electron chi connectivity index (χ4n) is 3.65. The minimum absolute atomic E-state index is 0.242. The molecule has 0 bridgehead atoms. The van der Waals surface area contributed by atoms with Crippen molar-refractivity contribution >= 4 is 34.1 Å². The summed E-state index contributed by atoms with van der Waals surface area (Å²) in [5, 5.41) is 2.17. The lowest BCUT2D eigenvalue weighted by Crippen LogP contribution is -1.83. The molecular weight excluding hydrogens is 375 g/mol. The average molecular weight is 394 g/mol. The third kappa shape index (κ3) is 3.44. The monoisotopic (exact) mass is 394 g/mol. The molecule has 0 unspecified atom stereocenters. The Bertz CT molecular complexity index is 1380. The normalized spacial score (nSPS) is 11.5. The lowest BCUT2D eigenvalue weighted by molar-refractivity contribution is 0.415. The summed E-state index contributed by atoms with van der Waals surface area (Å²) in [6.45, 7) is 0. The molecule has 5 rings (SSSR count). The number of methoxy groups -OCH3 is 1. The average Bonchev–Trinajstić information content (AvgIpc) is 3.15. The maximum atomic E-state index is 13.4. The first-order valence-electron chi connectivity index (χ1n) is 9.69. The van der Waals surface area contributed by atoms with E-state index in [1.54, 1.807) is 13.2 Å². The van der Waals surface area contributed by atoms with Gasteiger partial charge in [0.1, 0.15) is 17.2 Å². The van der Waals surface area contributed by atoms with Gasteiger partial charge in [-0.3, -0.25) is 0 Å². The van der Waals surface area contributed by atoms with Crippen molar-refractivity contribution in [2.45, 2.75) is 0 Å². The van der Waals surface area contributed by atoms with Gasteiger partial charge in [0.15, 0.2) is 0 Å². The third-order valence-electron chi connectivity index (χ3n) is 5.21. The molecule has 4 heteroatoms. The van der Waals surface area contributed by atoms with E-state index in [1.165, 1.54) is 12.1 Å². The van der Waals surface area contributed by atoms with Gasteiger partial charge in [-0.1, -0.05) is 42.5 Å². The van der Waals surface area contributed by atoms with Crippen LogP contribution in [0.1, 0.15) is 11.1 Å². The van der Waals surface area contributed by atoms with Gasteiger partial charge in [-0.2, -0.15) is 0 Å². The number of hydrogen-bond acceptors (Lipinski definition) is 2. The lowest BCUT2D eigenvalue weighted by atomic mass is 10.0. The predicted molar refractivity (Wildman–Crippen MR) is 121 cm³/mol. The van der Waals surface area contributed by atoms with Crippen LogP contribution in [-0.4, -0.2) is 17.1 Å². The Hall–Kier alpha value is -3.92. The molecule has 0 saturated carbocycles. The first-order valence-corrected chi connectivity index (χ1v) is 9.69. The van der Waals surface area contributed by atoms with Crippen LogP contribution in [0, 0.1) is 5.82 Å². The summed E-state index contributed by atoms with van der Waals surface area (Å²) >= 11 is 0. The number of nitrogens with one attached hydrogen (secondary N) is 1. The Kier molecular flexibility index (Phi) is 4.52. The summed E-state index contributed by atoms with van der Waals surface area (Å²) < 4.78 is 18.7. The van der Waals surface area contributed by atoms with Crippen LogP contribution in [0.5, 0.6) is 5.75 Å². The summed E-state index contributed by atoms with van der Waals surface area (Å²) in [5.41, 5.74) is 5.92. The van der Waals surface area contributed by atoms with Crippen LogP contribution in [0.3, 0.4) is 0 Å². The van der Waals surface area contributed by atoms with Crippen molar-refractivity contribution in [1.82, 2.24) is 9.97 Å². The summed E-state index contributed by atoms with van der Waals surface area (Å²) in [6.07, 6.45) is 5.66. The Morgan fingerprint density at radius 1 is 0.833 bits per heavy atom. The van der Waals surface area contributed by atoms with E-state index in [-0.39, 0.29) is 5.82 Å². The highest BCUT2D eigenvalue weighted by molar-refractivity contribution is 6.07. The van der Waals surface area contributed by atoms with Crippen molar-refractivity contribution in [1.29, 1.82) is 0 Å². The zero-order valence-corrected chi connectivity index (χ0v) is 16.4. The van der Waals surface area contributed by atoms with E-state index in [9.17, 15) is 4.39 Å². The summed E-state index contributed by atoms with van der Waals surface area (Å²) in [6, 6.07) is 23.0. The number of ether oxygens (including phenoxy) is 1. The molecule has 0 aliphatic rings. The van der Waals surface area contributed by atoms with Crippen molar-refractivity contribution in [3.8, 4) is 16.9 Å². The van der Waals surface area contributed by atoms with Crippen LogP contribution in [0.4, 0.5) is 4.39 Å². The number of nitrogens with zero attached hydrogens (tertiary/aromatic N) is 1. The molecule has 1 N–H and O–H groups in total. The molecule has 5 aromatic rings. The molecule has 3 nitrogen and oxygen atoms in total. The quantitative estimate of drug-likeness (QED) is 0.368. The number of hydrogen-bond donors (Lipinski definition) is 1. The van der Waals surface area contributed by atoms with Crippen LogP contribution >= 0.6 is 0 Å². The first-order chi connectivity index (χ1) is 14.7. The number of aromatic nitrogens is 2. The van der Waals surface area contributed by atoms with E-state index in [2.05, 4.69) is 46.4 Å². The fraction of sp³-hybridized carbons (Fsp3) is 0.0385. The highest BCUT2D eigenvalue weighted by Gasteiger charge is 2.08. The molecule has 2 aromatic heterocycles. The Labute approximate surface area is 173 Å². The standard InChI is InChI=1S/C26H19FN2O/c1-30-22-10-7-19(8-11-22)20-9-12-25-23(15-20)24-14-18(16-28-26(24)29-25)6-5-17-3-2-4-21(27)13-17/h2-16H,1H3,(H,28,29). The van der Waals surface area contributed by atoms with Crippen molar-refractivity contribution in [3.05, 3.63) is 95.9 Å². The lowest BCUT2D eigenvalue weighted by Gasteiger charge is -2.04. The number of pyridine rings is 1. The van der Waals surface area contributed by atoms with Crippen molar-refractivity contribution in [3.63, 3.8) is 0 Å². The molecule has 3 aromatic carbocycles. The molecule has 0 atom stereocenters. The molecule has 0 aliphatic carbocycles. The van der Waals surface area contributed by atoms with E-state index >= 15 is 0 Å². The minimum Gasteiger partial charge on any atom is -0.497 e. The topological polar surface area (TPSA) is 37.9 Å². The molecular formula is C26H19FN2O. The molecule has 0 spiro atoms. The second-order valence-electron chi connectivity index (χ2n) is 7.17. The Morgan fingerprint density at radius 3 is 2.43 bits per heavy atom. The number of H-pyrrole nitrogens is 1. The highest BCUT2D eigenvalue weighted by Crippen LogP contribution is 2.30. The maximum Gasteiger partial charge on any atom is 0.138 e. The van der Waals surface area contributed by atoms with Gasteiger partial charge in [-0.15, -0.1) is 0 Å². The molecule has 0 aliphatic heterocycles. The van der Waals surface area contributed by atoms with Gasteiger partial charge in [0.05, 0.1) is 7.11 Å². The number of benzene rings is 3. The van der Waals surface area contributed by atoms with Crippen molar-refractivity contribution < 1.29 is 9.13 Å². The highest BCUT2D eigenvalue weighted by atomic mass is 19.1. The second kappa shape index (κ2) is 7.48. The third-order valence-corrected chi connectivity index (χ3v) is 5.21. The molecule has 0 saturated heterocycles. The fourth-order valence-corrected chi connectivity index (χ4v) is 3.65. The number of aromatic amines is 1. The van der Waals surface area contributed by atoms with Gasteiger partial charge in [0, 0.05) is 22.5 Å².